The molecule has 19 heavy (non-hydrogen) atoms. The number of hydrogen-bond donors (Lipinski definition) is 2. The molecule has 0 saturated heterocycles. The van der Waals surface area contributed by atoms with Crippen LogP contribution in [0.2, 0.25) is 0 Å². The second-order valence-corrected chi connectivity index (χ2v) is 6.92. The average Bonchev–Trinajstić information content (AvgIpc) is 3.02. The van der Waals surface area contributed by atoms with Gasteiger partial charge in [0.15, 0.2) is 5.03 Å². The lowest BCUT2D eigenvalue weighted by molar-refractivity contribution is 0.249. The van der Waals surface area contributed by atoms with E-state index in [0.717, 1.165) is 12.8 Å². The SMILES string of the molecule is CCn1cc(S(=O)(=O)NCC2(CCO)CC2)nc1C. The lowest BCUT2D eigenvalue weighted by Gasteiger charge is -2.13. The largest absolute Gasteiger partial charge is 0.396 e. The summed E-state index contributed by atoms with van der Waals surface area (Å²) in [5.41, 5.74) is -0.0375. The van der Waals surface area contributed by atoms with Crippen molar-refractivity contribution in [1.29, 1.82) is 0 Å². The smallest absolute Gasteiger partial charge is 0.259 e. The topological polar surface area (TPSA) is 84.2 Å². The molecule has 0 bridgehead atoms. The van der Waals surface area contributed by atoms with Gasteiger partial charge in [-0.1, -0.05) is 0 Å². The summed E-state index contributed by atoms with van der Waals surface area (Å²) < 4.78 is 28.7. The van der Waals surface area contributed by atoms with Crippen LogP contribution in [0.1, 0.15) is 32.0 Å². The molecule has 0 radical (unpaired) electrons. The summed E-state index contributed by atoms with van der Waals surface area (Å²) in [6.45, 7) is 4.91. The third-order valence-electron chi connectivity index (χ3n) is 3.81. The molecule has 0 aromatic carbocycles. The first-order valence-corrected chi connectivity index (χ1v) is 8.05. The molecule has 0 aliphatic heterocycles. The minimum Gasteiger partial charge on any atom is -0.396 e. The molecule has 7 heteroatoms. The molecule has 1 fully saturated rings. The van der Waals surface area contributed by atoms with Gasteiger partial charge < -0.3 is 9.67 Å². The normalized spacial score (nSPS) is 17.6. The van der Waals surface area contributed by atoms with E-state index < -0.39 is 10.0 Å². The maximum atomic E-state index is 12.1. The Morgan fingerprint density at radius 2 is 2.21 bits per heavy atom. The van der Waals surface area contributed by atoms with Crippen molar-refractivity contribution in [3.05, 3.63) is 12.0 Å². The number of aromatic nitrogens is 2. The third kappa shape index (κ3) is 3.16. The Bertz CT molecular complexity index is 547. The fraction of sp³-hybridized carbons (Fsp3) is 0.750. The van der Waals surface area contributed by atoms with Crippen LogP contribution >= 0.6 is 0 Å². The Hall–Kier alpha value is -0.920. The van der Waals surface area contributed by atoms with Gasteiger partial charge in [0.1, 0.15) is 5.82 Å². The highest BCUT2D eigenvalue weighted by Crippen LogP contribution is 2.48. The molecule has 1 aliphatic rings. The van der Waals surface area contributed by atoms with Gasteiger partial charge >= 0.3 is 0 Å². The van der Waals surface area contributed by atoms with Crippen molar-refractivity contribution in [1.82, 2.24) is 14.3 Å². The number of aliphatic hydroxyl groups excluding tert-OH is 1. The van der Waals surface area contributed by atoms with Gasteiger partial charge in [0.25, 0.3) is 10.0 Å². The number of nitrogens with one attached hydrogen (secondary N) is 1. The average molecular weight is 287 g/mol. The van der Waals surface area contributed by atoms with Gasteiger partial charge in [-0.2, -0.15) is 0 Å². The summed E-state index contributed by atoms with van der Waals surface area (Å²) in [4.78, 5) is 4.08. The van der Waals surface area contributed by atoms with E-state index in [9.17, 15) is 8.42 Å². The molecule has 1 aliphatic carbocycles. The number of aliphatic hydroxyl groups is 1. The summed E-state index contributed by atoms with van der Waals surface area (Å²) in [5.74, 6) is 0.694. The first kappa shape index (κ1) is 14.5. The van der Waals surface area contributed by atoms with Gasteiger partial charge in [0.05, 0.1) is 0 Å². The summed E-state index contributed by atoms with van der Waals surface area (Å²) >= 11 is 0. The second-order valence-electron chi connectivity index (χ2n) is 5.21. The number of nitrogens with zero attached hydrogens (tertiary/aromatic N) is 2. The van der Waals surface area contributed by atoms with Crippen molar-refractivity contribution in [2.45, 2.75) is 44.7 Å². The highest BCUT2D eigenvalue weighted by atomic mass is 32.2. The zero-order valence-electron chi connectivity index (χ0n) is 11.4. The summed E-state index contributed by atoms with van der Waals surface area (Å²) in [7, 11) is -3.55. The molecular formula is C12H21N3O3S. The van der Waals surface area contributed by atoms with Crippen LogP contribution in [0.25, 0.3) is 0 Å². The molecule has 0 atom stereocenters. The lowest BCUT2D eigenvalue weighted by atomic mass is 10.0. The molecule has 108 valence electrons. The van der Waals surface area contributed by atoms with E-state index in [1.54, 1.807) is 17.7 Å². The van der Waals surface area contributed by atoms with Gasteiger partial charge in [-0.25, -0.2) is 18.1 Å². The standard InChI is InChI=1S/C12H21N3O3S/c1-3-15-8-11(14-10(15)2)19(17,18)13-9-12(4-5-12)6-7-16/h8,13,16H,3-7,9H2,1-2H3. The first-order chi connectivity index (χ1) is 8.92. The van der Waals surface area contributed by atoms with Crippen LogP contribution < -0.4 is 4.72 Å². The Morgan fingerprint density at radius 3 is 2.68 bits per heavy atom. The third-order valence-corrected chi connectivity index (χ3v) is 5.08. The van der Waals surface area contributed by atoms with Crippen LogP contribution in [0.15, 0.2) is 11.2 Å². The highest BCUT2D eigenvalue weighted by molar-refractivity contribution is 7.89. The van der Waals surface area contributed by atoms with Crippen LogP contribution in [-0.2, 0) is 16.6 Å². The first-order valence-electron chi connectivity index (χ1n) is 6.57. The summed E-state index contributed by atoms with van der Waals surface area (Å²) in [6, 6.07) is 0. The molecule has 2 rings (SSSR count). The van der Waals surface area contributed by atoms with E-state index in [-0.39, 0.29) is 17.0 Å². The Kier molecular flexibility index (Phi) is 3.98. The van der Waals surface area contributed by atoms with Gasteiger partial charge in [-0.3, -0.25) is 0 Å². The number of imidazole rings is 1. The number of rotatable bonds is 7. The van der Waals surface area contributed by atoms with Crippen LogP contribution in [0, 0.1) is 12.3 Å². The molecule has 0 spiro atoms. The fourth-order valence-corrected chi connectivity index (χ4v) is 3.34. The quantitative estimate of drug-likeness (QED) is 0.771. The van der Waals surface area contributed by atoms with Gasteiger partial charge in [0.2, 0.25) is 0 Å². The van der Waals surface area contributed by atoms with Crippen LogP contribution in [-0.4, -0.2) is 36.2 Å². The molecule has 1 heterocycles. The van der Waals surface area contributed by atoms with Crippen molar-refractivity contribution < 1.29 is 13.5 Å². The summed E-state index contributed by atoms with van der Waals surface area (Å²) in [6.07, 6.45) is 4.15. The monoisotopic (exact) mass is 287 g/mol. The van der Waals surface area contributed by atoms with E-state index in [1.807, 2.05) is 6.92 Å². The molecular weight excluding hydrogens is 266 g/mol. The summed E-state index contributed by atoms with van der Waals surface area (Å²) in [5, 5.41) is 9.04. The minimum atomic E-state index is -3.55. The molecule has 1 aromatic heterocycles. The molecule has 0 unspecified atom stereocenters. The number of aryl methyl sites for hydroxylation is 2. The molecule has 1 saturated carbocycles. The van der Waals surface area contributed by atoms with Crippen molar-refractivity contribution in [3.8, 4) is 0 Å². The zero-order valence-corrected chi connectivity index (χ0v) is 12.2. The Balaban J connectivity index is 2.06. The zero-order chi connectivity index (χ0) is 14.1. The fourth-order valence-electron chi connectivity index (χ4n) is 2.18. The number of hydrogen-bond acceptors (Lipinski definition) is 4. The van der Waals surface area contributed by atoms with E-state index in [4.69, 9.17) is 5.11 Å². The van der Waals surface area contributed by atoms with Crippen molar-refractivity contribution >= 4 is 10.0 Å². The maximum absolute atomic E-state index is 12.1. The van der Waals surface area contributed by atoms with Crippen molar-refractivity contribution in [3.63, 3.8) is 0 Å². The number of sulfonamides is 1. The maximum Gasteiger partial charge on any atom is 0.259 e. The van der Waals surface area contributed by atoms with Crippen molar-refractivity contribution in [2.75, 3.05) is 13.2 Å². The van der Waals surface area contributed by atoms with E-state index in [0.29, 0.717) is 25.3 Å². The van der Waals surface area contributed by atoms with Crippen molar-refractivity contribution in [2.24, 2.45) is 5.41 Å². The van der Waals surface area contributed by atoms with E-state index in [2.05, 4.69) is 9.71 Å². The van der Waals surface area contributed by atoms with Crippen LogP contribution in [0.4, 0.5) is 0 Å². The highest BCUT2D eigenvalue weighted by Gasteiger charge is 2.42. The van der Waals surface area contributed by atoms with E-state index in [1.165, 1.54) is 0 Å². The lowest BCUT2D eigenvalue weighted by Crippen LogP contribution is -2.31. The van der Waals surface area contributed by atoms with Gasteiger partial charge in [-0.15, -0.1) is 0 Å². The van der Waals surface area contributed by atoms with E-state index >= 15 is 0 Å². The molecule has 1 aromatic rings. The minimum absolute atomic E-state index is 0.0375. The Morgan fingerprint density at radius 1 is 1.53 bits per heavy atom. The predicted molar refractivity (Wildman–Crippen MR) is 71.2 cm³/mol. The predicted octanol–water partition coefficient (Wildman–Crippen LogP) is 0.652. The molecule has 6 nitrogen and oxygen atoms in total. The van der Waals surface area contributed by atoms with Gasteiger partial charge in [0, 0.05) is 25.9 Å². The molecule has 0 amide bonds. The van der Waals surface area contributed by atoms with Gasteiger partial charge in [-0.05, 0) is 38.5 Å². The second kappa shape index (κ2) is 5.22. The van der Waals surface area contributed by atoms with Crippen LogP contribution in [0.3, 0.4) is 0 Å². The van der Waals surface area contributed by atoms with Crippen LogP contribution in [0.5, 0.6) is 0 Å². The molecule has 2 N–H and O–H groups in total. The Labute approximate surface area is 113 Å².